The van der Waals surface area contributed by atoms with E-state index in [1.165, 1.54) is 18.2 Å². The second-order valence-corrected chi connectivity index (χ2v) is 10.3. The third-order valence-electron chi connectivity index (χ3n) is 7.23. The van der Waals surface area contributed by atoms with Gasteiger partial charge in [-0.1, -0.05) is 49.1 Å². The van der Waals surface area contributed by atoms with Crippen molar-refractivity contribution >= 4 is 17.1 Å². The number of allylic oxidation sites excluding steroid dienone is 1. The van der Waals surface area contributed by atoms with E-state index in [-0.39, 0.29) is 19.7 Å². The molecule has 1 aliphatic heterocycles. The van der Waals surface area contributed by atoms with Gasteiger partial charge in [0, 0.05) is 50.8 Å². The SMILES string of the molecule is C=C(N1CCC(Nc2ccc(C(=NC)c3cccc(F)c3)c(C)c2)CC1)N(c1ccccc1C)C(F)F.C=CCC(F)F.[HH]. The van der Waals surface area contributed by atoms with Gasteiger partial charge in [0.1, 0.15) is 11.6 Å². The molecule has 0 amide bonds. The van der Waals surface area contributed by atoms with E-state index in [1.54, 1.807) is 25.2 Å². The largest absolute Gasteiger partial charge is 0.382 e. The number of benzene rings is 3. The van der Waals surface area contributed by atoms with Gasteiger partial charge in [0.2, 0.25) is 6.43 Å². The normalized spacial score (nSPS) is 13.9. The van der Waals surface area contributed by atoms with E-state index in [0.29, 0.717) is 24.6 Å². The highest BCUT2D eigenvalue weighted by molar-refractivity contribution is 6.13. The second kappa shape index (κ2) is 15.9. The van der Waals surface area contributed by atoms with Crippen molar-refractivity contribution in [2.45, 2.75) is 52.1 Å². The van der Waals surface area contributed by atoms with Gasteiger partial charge in [-0.05, 0) is 68.1 Å². The van der Waals surface area contributed by atoms with Crippen LogP contribution in [0.5, 0.6) is 0 Å². The van der Waals surface area contributed by atoms with Gasteiger partial charge in [-0.15, -0.1) is 6.58 Å². The van der Waals surface area contributed by atoms with E-state index < -0.39 is 13.0 Å². The van der Waals surface area contributed by atoms with Gasteiger partial charge in [0.15, 0.2) is 0 Å². The molecule has 1 N–H and O–H groups in total. The van der Waals surface area contributed by atoms with Crippen LogP contribution in [0.4, 0.5) is 33.3 Å². The number of para-hydroxylation sites is 1. The first-order chi connectivity index (χ1) is 20.5. The molecule has 0 aliphatic carbocycles. The number of aliphatic imine (C=N–C) groups is 1. The maximum absolute atomic E-state index is 14.0. The summed E-state index contributed by atoms with van der Waals surface area (Å²) in [4.78, 5) is 7.38. The fraction of sp³-hybridized carbons (Fsp3) is 0.324. The minimum atomic E-state index is -2.67. The van der Waals surface area contributed by atoms with E-state index >= 15 is 0 Å². The maximum atomic E-state index is 14.0. The van der Waals surface area contributed by atoms with Crippen LogP contribution in [0, 0.1) is 19.7 Å². The second-order valence-electron chi connectivity index (χ2n) is 10.3. The summed E-state index contributed by atoms with van der Waals surface area (Å²) in [6.07, 6.45) is 0.387. The molecule has 232 valence electrons. The fourth-order valence-corrected chi connectivity index (χ4v) is 5.05. The lowest BCUT2D eigenvalue weighted by Crippen LogP contribution is -2.44. The van der Waals surface area contributed by atoms with Crippen LogP contribution in [0.1, 0.15) is 42.9 Å². The minimum absolute atomic E-state index is 0. The van der Waals surface area contributed by atoms with E-state index in [1.807, 2.05) is 49.1 Å². The van der Waals surface area contributed by atoms with E-state index in [9.17, 15) is 22.0 Å². The number of hydrogen-bond donors (Lipinski definition) is 1. The monoisotopic (exact) mass is 600 g/mol. The lowest BCUT2D eigenvalue weighted by Gasteiger charge is -2.40. The van der Waals surface area contributed by atoms with Crippen molar-refractivity contribution < 1.29 is 23.4 Å². The summed E-state index contributed by atoms with van der Waals surface area (Å²) >= 11 is 0. The molecule has 43 heavy (non-hydrogen) atoms. The van der Waals surface area contributed by atoms with Crippen molar-refractivity contribution in [3.8, 4) is 0 Å². The zero-order chi connectivity index (χ0) is 31.5. The van der Waals surface area contributed by atoms with Crippen LogP contribution in [0.2, 0.25) is 0 Å². The first kappa shape index (κ1) is 33.4. The Morgan fingerprint density at radius 2 is 1.72 bits per heavy atom. The summed E-state index contributed by atoms with van der Waals surface area (Å²) in [5.74, 6) is 0.0332. The van der Waals surface area contributed by atoms with Gasteiger partial charge in [-0.2, -0.15) is 8.78 Å². The van der Waals surface area contributed by atoms with Gasteiger partial charge >= 0.3 is 6.55 Å². The number of nitrogens with one attached hydrogen (secondary N) is 1. The van der Waals surface area contributed by atoms with Crippen LogP contribution in [-0.4, -0.2) is 49.8 Å². The molecular weight excluding hydrogens is 559 g/mol. The van der Waals surface area contributed by atoms with E-state index in [2.05, 4.69) is 29.5 Å². The highest BCUT2D eigenvalue weighted by Gasteiger charge is 2.28. The molecule has 1 fully saturated rings. The Morgan fingerprint density at radius 3 is 2.26 bits per heavy atom. The highest BCUT2D eigenvalue weighted by Crippen LogP contribution is 2.30. The number of nitrogens with zero attached hydrogens (tertiary/aromatic N) is 3. The molecule has 1 heterocycles. The number of halogens is 5. The molecule has 1 aliphatic rings. The number of rotatable bonds is 10. The zero-order valence-corrected chi connectivity index (χ0v) is 24.8. The lowest BCUT2D eigenvalue weighted by molar-refractivity contribution is 0.134. The molecule has 0 atom stereocenters. The number of piperidine rings is 1. The number of hydrogen-bond acceptors (Lipinski definition) is 4. The first-order valence-electron chi connectivity index (χ1n) is 14.1. The quantitative estimate of drug-likeness (QED) is 0.109. The third kappa shape index (κ3) is 9.17. The first-order valence-corrected chi connectivity index (χ1v) is 14.1. The number of aryl methyl sites for hydroxylation is 2. The molecule has 1 saturated heterocycles. The van der Waals surface area contributed by atoms with E-state index in [0.717, 1.165) is 51.4 Å². The van der Waals surface area contributed by atoms with Gasteiger partial charge in [-0.3, -0.25) is 9.89 Å². The standard InChI is InChI=1S/C30H33F3N4.C4H6F2.H2/c1-20-8-5-6-11-28(20)37(30(32)33)22(3)36-16-14-25(15-17-36)35-26-12-13-27(21(2)18-26)29(34-4)23-9-7-10-24(31)19-23;1-2-3-4(5)6;/h5-13,18-19,25,30,35H,3,14-17H2,1-2,4H3;2,4H,1,3H2;1H. The smallest absolute Gasteiger partial charge is 0.320 e. The lowest BCUT2D eigenvalue weighted by atomic mass is 9.97. The highest BCUT2D eigenvalue weighted by atomic mass is 19.3. The Morgan fingerprint density at radius 1 is 1.02 bits per heavy atom. The third-order valence-corrected chi connectivity index (χ3v) is 7.23. The Balaban J connectivity index is 0.000000877. The average Bonchev–Trinajstić information content (AvgIpc) is 2.96. The summed E-state index contributed by atoms with van der Waals surface area (Å²) < 4.78 is 63.7. The summed E-state index contributed by atoms with van der Waals surface area (Å²) in [5.41, 5.74) is 5.72. The molecule has 4 rings (SSSR count). The predicted molar refractivity (Wildman–Crippen MR) is 169 cm³/mol. The summed E-state index contributed by atoms with van der Waals surface area (Å²) in [6.45, 7) is 9.58. The Labute approximate surface area is 252 Å². The molecule has 0 spiro atoms. The number of anilines is 2. The molecular formula is C34H41F5N4. The van der Waals surface area contributed by atoms with Crippen molar-refractivity contribution in [3.05, 3.63) is 120 Å². The molecule has 0 saturated carbocycles. The van der Waals surface area contributed by atoms with Crippen LogP contribution < -0.4 is 10.2 Å². The van der Waals surface area contributed by atoms with Crippen LogP contribution in [0.3, 0.4) is 0 Å². The van der Waals surface area contributed by atoms with Crippen LogP contribution in [0.15, 0.2) is 96.8 Å². The number of likely N-dealkylation sites (tertiary alicyclic amines) is 1. The molecule has 3 aromatic carbocycles. The van der Waals surface area contributed by atoms with Crippen molar-refractivity contribution in [2.75, 3.05) is 30.4 Å². The van der Waals surface area contributed by atoms with Crippen LogP contribution in [-0.2, 0) is 0 Å². The Bertz CT molecular complexity index is 1400. The van der Waals surface area contributed by atoms with Crippen molar-refractivity contribution in [3.63, 3.8) is 0 Å². The minimum Gasteiger partial charge on any atom is -0.382 e. The molecule has 9 heteroatoms. The Kier molecular flexibility index (Phi) is 12.3. The van der Waals surface area contributed by atoms with Crippen molar-refractivity contribution in [1.82, 2.24) is 4.90 Å². The van der Waals surface area contributed by atoms with Crippen molar-refractivity contribution in [2.24, 2.45) is 4.99 Å². The van der Waals surface area contributed by atoms with Gasteiger partial charge in [0.05, 0.1) is 11.4 Å². The average molecular weight is 601 g/mol. The molecule has 3 aromatic rings. The Hall–Kier alpha value is -4.14. The topological polar surface area (TPSA) is 30.9 Å². The molecule has 4 nitrogen and oxygen atoms in total. The molecule has 0 bridgehead atoms. The fourth-order valence-electron chi connectivity index (χ4n) is 5.05. The molecule has 0 aromatic heterocycles. The molecule has 0 unspecified atom stereocenters. The van der Waals surface area contributed by atoms with E-state index in [4.69, 9.17) is 0 Å². The summed E-state index contributed by atoms with van der Waals surface area (Å²) in [5, 5.41) is 3.59. The number of alkyl halides is 4. The zero-order valence-electron chi connectivity index (χ0n) is 24.8. The van der Waals surface area contributed by atoms with Crippen molar-refractivity contribution in [1.29, 1.82) is 0 Å². The van der Waals surface area contributed by atoms with Gasteiger partial charge in [0.25, 0.3) is 0 Å². The summed E-state index contributed by atoms with van der Waals surface area (Å²) in [6, 6.07) is 19.9. The predicted octanol–water partition coefficient (Wildman–Crippen LogP) is 9.06. The maximum Gasteiger partial charge on any atom is 0.320 e. The van der Waals surface area contributed by atoms with Crippen LogP contribution in [0.25, 0.3) is 0 Å². The van der Waals surface area contributed by atoms with Crippen LogP contribution >= 0.6 is 0 Å². The van der Waals surface area contributed by atoms with Gasteiger partial charge < -0.3 is 10.2 Å². The summed E-state index contributed by atoms with van der Waals surface area (Å²) in [7, 11) is 1.71. The molecule has 0 radical (unpaired) electrons. The van der Waals surface area contributed by atoms with Gasteiger partial charge in [-0.25, -0.2) is 13.2 Å².